The number of nitrogens with one attached hydrogen (secondary N) is 2. The average Bonchev–Trinajstić information content (AvgIpc) is 2.89. The number of fused-ring (bicyclic) bond motifs is 1. The molecule has 9 heteroatoms. The van der Waals surface area contributed by atoms with Crippen LogP contribution in [0.1, 0.15) is 11.4 Å². The number of anilines is 1. The SMILES string of the molecule is Cc1ncnc2ccc(-c3cnc(NC(=O)NCc4ccccn4)nc3-c3ccc(F)cc3)cc12. The van der Waals surface area contributed by atoms with Crippen LogP contribution in [0.4, 0.5) is 15.1 Å². The predicted octanol–water partition coefficient (Wildman–Crippen LogP) is 4.92. The molecule has 0 unspecified atom stereocenters. The van der Waals surface area contributed by atoms with E-state index in [0.29, 0.717) is 11.3 Å². The third-order valence-electron chi connectivity index (χ3n) is 5.43. The molecule has 8 nitrogen and oxygen atoms in total. The van der Waals surface area contributed by atoms with Crippen LogP contribution in [0.2, 0.25) is 0 Å². The Morgan fingerprint density at radius 3 is 2.57 bits per heavy atom. The zero-order chi connectivity index (χ0) is 24.2. The lowest BCUT2D eigenvalue weighted by molar-refractivity contribution is 0.251. The monoisotopic (exact) mass is 465 g/mol. The Hall–Kier alpha value is -4.79. The molecule has 3 aromatic heterocycles. The molecule has 0 bridgehead atoms. The minimum atomic E-state index is -0.466. The first kappa shape index (κ1) is 22.0. The van der Waals surface area contributed by atoms with Crippen molar-refractivity contribution in [1.82, 2.24) is 30.2 Å². The van der Waals surface area contributed by atoms with Crippen molar-refractivity contribution >= 4 is 22.9 Å². The van der Waals surface area contributed by atoms with Crippen molar-refractivity contribution in [3.05, 3.63) is 96.6 Å². The zero-order valence-electron chi connectivity index (χ0n) is 18.7. The molecule has 0 fully saturated rings. The van der Waals surface area contributed by atoms with Crippen LogP contribution in [0.3, 0.4) is 0 Å². The van der Waals surface area contributed by atoms with Crippen LogP contribution in [-0.2, 0) is 6.54 Å². The third-order valence-corrected chi connectivity index (χ3v) is 5.43. The summed E-state index contributed by atoms with van der Waals surface area (Å²) in [6, 6.07) is 16.8. The van der Waals surface area contributed by atoms with Gasteiger partial charge in [0.05, 0.1) is 23.4 Å². The molecule has 0 saturated carbocycles. The molecule has 172 valence electrons. The number of benzene rings is 2. The average molecular weight is 465 g/mol. The summed E-state index contributed by atoms with van der Waals surface area (Å²) in [4.78, 5) is 34.1. The standard InChI is InChI=1S/C26H20FN7O/c1-16-21-12-18(7-10-23(21)32-15-31-16)22-14-29-25(33-24(22)17-5-8-19(27)9-6-17)34-26(35)30-13-20-4-2-3-11-28-20/h2-12,14-15H,13H2,1H3,(H2,29,30,33,34,35). The van der Waals surface area contributed by atoms with E-state index in [1.54, 1.807) is 30.6 Å². The molecule has 0 aliphatic carbocycles. The van der Waals surface area contributed by atoms with Gasteiger partial charge >= 0.3 is 6.03 Å². The van der Waals surface area contributed by atoms with Crippen molar-refractivity contribution in [2.45, 2.75) is 13.5 Å². The van der Waals surface area contributed by atoms with Gasteiger partial charge in [0.2, 0.25) is 5.95 Å². The maximum Gasteiger partial charge on any atom is 0.321 e. The fourth-order valence-corrected chi connectivity index (χ4v) is 3.65. The number of amides is 2. The van der Waals surface area contributed by atoms with Crippen LogP contribution in [0.25, 0.3) is 33.3 Å². The van der Waals surface area contributed by atoms with E-state index in [4.69, 9.17) is 0 Å². The maximum absolute atomic E-state index is 13.6. The molecule has 0 saturated heterocycles. The van der Waals surface area contributed by atoms with E-state index in [2.05, 4.69) is 35.6 Å². The number of hydrogen-bond acceptors (Lipinski definition) is 6. The van der Waals surface area contributed by atoms with Crippen molar-refractivity contribution in [1.29, 1.82) is 0 Å². The van der Waals surface area contributed by atoms with E-state index in [-0.39, 0.29) is 18.3 Å². The largest absolute Gasteiger partial charge is 0.332 e. The highest BCUT2D eigenvalue weighted by atomic mass is 19.1. The number of halogens is 1. The number of urea groups is 1. The van der Waals surface area contributed by atoms with Crippen molar-refractivity contribution in [3.63, 3.8) is 0 Å². The molecule has 0 aliphatic heterocycles. The lowest BCUT2D eigenvalue weighted by atomic mass is 9.99. The first-order valence-electron chi connectivity index (χ1n) is 10.9. The van der Waals surface area contributed by atoms with Crippen LogP contribution in [0.5, 0.6) is 0 Å². The van der Waals surface area contributed by atoms with E-state index in [1.165, 1.54) is 18.5 Å². The summed E-state index contributed by atoms with van der Waals surface area (Å²) in [6.45, 7) is 2.18. The van der Waals surface area contributed by atoms with Crippen molar-refractivity contribution in [2.24, 2.45) is 0 Å². The van der Waals surface area contributed by atoms with Crippen molar-refractivity contribution in [3.8, 4) is 22.4 Å². The van der Waals surface area contributed by atoms with Gasteiger partial charge in [-0.25, -0.2) is 29.1 Å². The molecule has 2 amide bonds. The van der Waals surface area contributed by atoms with E-state index >= 15 is 0 Å². The van der Waals surface area contributed by atoms with Crippen LogP contribution < -0.4 is 10.6 Å². The fourth-order valence-electron chi connectivity index (χ4n) is 3.65. The van der Waals surface area contributed by atoms with Crippen LogP contribution >= 0.6 is 0 Å². The Labute approximate surface area is 200 Å². The zero-order valence-corrected chi connectivity index (χ0v) is 18.7. The summed E-state index contributed by atoms with van der Waals surface area (Å²) in [7, 11) is 0. The van der Waals surface area contributed by atoms with E-state index in [0.717, 1.165) is 33.4 Å². The predicted molar refractivity (Wildman–Crippen MR) is 131 cm³/mol. The molecular formula is C26H20FN7O. The van der Waals surface area contributed by atoms with Gasteiger partial charge < -0.3 is 5.32 Å². The number of carbonyl (C=O) groups excluding carboxylic acids is 1. The lowest BCUT2D eigenvalue weighted by Gasteiger charge is -2.13. The van der Waals surface area contributed by atoms with Gasteiger partial charge in [-0.3, -0.25) is 10.3 Å². The summed E-state index contributed by atoms with van der Waals surface area (Å²) in [5.74, 6) is -0.234. The summed E-state index contributed by atoms with van der Waals surface area (Å²) in [6.07, 6.45) is 4.83. The Balaban J connectivity index is 1.48. The maximum atomic E-state index is 13.6. The smallest absolute Gasteiger partial charge is 0.321 e. The molecule has 0 spiro atoms. The molecule has 2 N–H and O–H groups in total. The Morgan fingerprint density at radius 1 is 0.943 bits per heavy atom. The summed E-state index contributed by atoms with van der Waals surface area (Å²) in [5, 5.41) is 6.30. The topological polar surface area (TPSA) is 106 Å². The minimum Gasteiger partial charge on any atom is -0.332 e. The second-order valence-corrected chi connectivity index (χ2v) is 7.78. The van der Waals surface area contributed by atoms with Gasteiger partial charge in [-0.15, -0.1) is 0 Å². The molecule has 35 heavy (non-hydrogen) atoms. The van der Waals surface area contributed by atoms with Crippen molar-refractivity contribution < 1.29 is 9.18 Å². The van der Waals surface area contributed by atoms with Gasteiger partial charge in [0.1, 0.15) is 12.1 Å². The highest BCUT2D eigenvalue weighted by molar-refractivity contribution is 5.91. The molecule has 5 aromatic rings. The molecule has 0 radical (unpaired) electrons. The van der Waals surface area contributed by atoms with Crippen LogP contribution in [0, 0.1) is 12.7 Å². The lowest BCUT2D eigenvalue weighted by Crippen LogP contribution is -2.29. The molecule has 2 aromatic carbocycles. The Bertz CT molecular complexity index is 1510. The second kappa shape index (κ2) is 9.60. The van der Waals surface area contributed by atoms with Crippen LogP contribution in [0.15, 0.2) is 79.4 Å². The van der Waals surface area contributed by atoms with Crippen molar-refractivity contribution in [2.75, 3.05) is 5.32 Å². The Kier molecular flexibility index (Phi) is 6.04. The number of aryl methyl sites for hydroxylation is 1. The third kappa shape index (κ3) is 4.93. The van der Waals surface area contributed by atoms with Gasteiger partial charge in [0, 0.05) is 34.6 Å². The van der Waals surface area contributed by atoms with Gasteiger partial charge in [-0.05, 0) is 61.0 Å². The van der Waals surface area contributed by atoms with Gasteiger partial charge in [-0.2, -0.15) is 0 Å². The first-order valence-corrected chi connectivity index (χ1v) is 10.9. The molecule has 0 aliphatic rings. The fraction of sp³-hybridized carbons (Fsp3) is 0.0769. The van der Waals surface area contributed by atoms with Gasteiger partial charge in [0.15, 0.2) is 0 Å². The number of pyridine rings is 1. The summed E-state index contributed by atoms with van der Waals surface area (Å²) < 4.78 is 13.6. The normalized spacial score (nSPS) is 10.8. The number of rotatable bonds is 5. The highest BCUT2D eigenvalue weighted by Gasteiger charge is 2.15. The quantitative estimate of drug-likeness (QED) is 0.382. The van der Waals surface area contributed by atoms with Crippen LogP contribution in [-0.4, -0.2) is 31.0 Å². The highest BCUT2D eigenvalue weighted by Crippen LogP contribution is 2.32. The number of aromatic nitrogens is 5. The van der Waals surface area contributed by atoms with Gasteiger partial charge in [-0.1, -0.05) is 12.1 Å². The van der Waals surface area contributed by atoms with E-state index in [9.17, 15) is 9.18 Å². The molecule has 0 atom stereocenters. The van der Waals surface area contributed by atoms with E-state index < -0.39 is 6.03 Å². The first-order chi connectivity index (χ1) is 17.1. The summed E-state index contributed by atoms with van der Waals surface area (Å²) >= 11 is 0. The molecular weight excluding hydrogens is 445 g/mol. The number of hydrogen-bond donors (Lipinski definition) is 2. The Morgan fingerprint density at radius 2 is 1.77 bits per heavy atom. The molecule has 5 rings (SSSR count). The number of carbonyl (C=O) groups is 1. The minimum absolute atomic E-state index is 0.117. The molecule has 3 heterocycles. The van der Waals surface area contributed by atoms with E-state index in [1.807, 2.05) is 37.3 Å². The van der Waals surface area contributed by atoms with Gasteiger partial charge in [0.25, 0.3) is 0 Å². The second-order valence-electron chi connectivity index (χ2n) is 7.78. The number of nitrogens with zero attached hydrogens (tertiary/aromatic N) is 5. The summed E-state index contributed by atoms with van der Waals surface area (Å²) in [5.41, 5.74) is 5.21.